The van der Waals surface area contributed by atoms with Crippen molar-refractivity contribution in [2.75, 3.05) is 4.90 Å². The molecule has 8 aromatic carbocycles. The lowest BCUT2D eigenvalue weighted by molar-refractivity contribution is 0.487. The number of para-hydroxylation sites is 2. The molecule has 0 atom stereocenters. The topological polar surface area (TPSA) is 25.6 Å². The molecular formula is C46H29NO2. The second kappa shape index (κ2) is 11.0. The van der Waals surface area contributed by atoms with Crippen LogP contribution < -0.4 is 9.64 Å². The van der Waals surface area contributed by atoms with Gasteiger partial charge in [-0.2, -0.15) is 0 Å². The molecule has 0 unspecified atom stereocenters. The zero-order valence-electron chi connectivity index (χ0n) is 26.5. The third kappa shape index (κ3) is 4.51. The molecule has 0 bridgehead atoms. The molecule has 0 N–H and O–H groups in total. The second-order valence-electron chi connectivity index (χ2n) is 12.5. The van der Waals surface area contributed by atoms with Crippen LogP contribution in [-0.4, -0.2) is 0 Å². The molecule has 1 aliphatic heterocycles. The average Bonchev–Trinajstić information content (AvgIpc) is 3.54. The Morgan fingerprint density at radius 3 is 1.88 bits per heavy atom. The predicted molar refractivity (Wildman–Crippen MR) is 202 cm³/mol. The fourth-order valence-electron chi connectivity index (χ4n) is 7.36. The van der Waals surface area contributed by atoms with Gasteiger partial charge in [-0.1, -0.05) is 109 Å². The molecule has 10 rings (SSSR count). The molecule has 0 amide bonds. The van der Waals surface area contributed by atoms with Gasteiger partial charge in [-0.25, -0.2) is 0 Å². The lowest BCUT2D eigenvalue weighted by Crippen LogP contribution is -2.09. The number of nitrogens with zero attached hydrogens (tertiary/aromatic N) is 1. The molecule has 0 saturated heterocycles. The highest BCUT2D eigenvalue weighted by Crippen LogP contribution is 2.49. The minimum absolute atomic E-state index is 0.876. The summed E-state index contributed by atoms with van der Waals surface area (Å²) in [5.41, 5.74) is 12.0. The fourth-order valence-corrected chi connectivity index (χ4v) is 7.36. The SMILES string of the molecule is c1ccc(-c2ccc3c4c(cccc24)-c2ccc(-c4ccc(N(c5ccccc5)c5ccc6oc7ccccc7c6c5)cc4)cc2O3)cc1. The maximum atomic E-state index is 6.62. The van der Waals surface area contributed by atoms with Gasteiger partial charge >= 0.3 is 0 Å². The van der Waals surface area contributed by atoms with Gasteiger partial charge in [-0.15, -0.1) is 0 Å². The Balaban J connectivity index is 1.02. The highest BCUT2D eigenvalue weighted by Gasteiger charge is 2.22. The van der Waals surface area contributed by atoms with E-state index < -0.39 is 0 Å². The van der Waals surface area contributed by atoms with Crippen LogP contribution in [0, 0.1) is 0 Å². The summed E-state index contributed by atoms with van der Waals surface area (Å²) in [7, 11) is 0. The summed E-state index contributed by atoms with van der Waals surface area (Å²) in [4.78, 5) is 2.29. The Morgan fingerprint density at radius 2 is 1.02 bits per heavy atom. The van der Waals surface area contributed by atoms with E-state index in [0.29, 0.717) is 0 Å². The van der Waals surface area contributed by atoms with Crippen molar-refractivity contribution >= 4 is 49.8 Å². The number of hydrogen-bond acceptors (Lipinski definition) is 3. The molecule has 49 heavy (non-hydrogen) atoms. The summed E-state index contributed by atoms with van der Waals surface area (Å²) < 4.78 is 12.8. The zero-order valence-corrected chi connectivity index (χ0v) is 26.5. The number of anilines is 3. The molecule has 0 radical (unpaired) electrons. The Bertz CT molecular complexity index is 2670. The van der Waals surface area contributed by atoms with Crippen molar-refractivity contribution < 1.29 is 9.15 Å². The molecule has 230 valence electrons. The molecule has 0 aliphatic carbocycles. The van der Waals surface area contributed by atoms with E-state index >= 15 is 0 Å². The highest BCUT2D eigenvalue weighted by molar-refractivity contribution is 6.10. The van der Waals surface area contributed by atoms with Crippen molar-refractivity contribution in [2.45, 2.75) is 0 Å². The van der Waals surface area contributed by atoms with Crippen LogP contribution in [0.5, 0.6) is 11.5 Å². The lowest BCUT2D eigenvalue weighted by atomic mass is 9.89. The van der Waals surface area contributed by atoms with E-state index in [-0.39, 0.29) is 0 Å². The Hall–Kier alpha value is -6.58. The molecule has 0 fully saturated rings. The normalized spacial score (nSPS) is 11.8. The van der Waals surface area contributed by atoms with Crippen molar-refractivity contribution in [1.29, 1.82) is 0 Å². The van der Waals surface area contributed by atoms with Crippen LogP contribution in [0.3, 0.4) is 0 Å². The molecule has 2 heterocycles. The number of hydrogen-bond donors (Lipinski definition) is 0. The van der Waals surface area contributed by atoms with Crippen LogP contribution in [0.1, 0.15) is 0 Å². The molecule has 3 heteroatoms. The molecule has 0 spiro atoms. The van der Waals surface area contributed by atoms with E-state index in [4.69, 9.17) is 9.15 Å². The monoisotopic (exact) mass is 627 g/mol. The minimum atomic E-state index is 0.876. The van der Waals surface area contributed by atoms with Crippen LogP contribution in [0.4, 0.5) is 17.1 Å². The van der Waals surface area contributed by atoms with Gasteiger partial charge in [0.05, 0.1) is 0 Å². The smallest absolute Gasteiger partial charge is 0.135 e. The third-order valence-corrected chi connectivity index (χ3v) is 9.67. The number of benzene rings is 8. The standard InChI is InChI=1S/C46H29NO2/c1-3-10-31(11-4-1)36-25-27-44-46-39(36)15-9-16-40(46)38-24-20-32(28-45(38)49-44)30-18-21-34(22-19-30)47(33-12-5-2-6-13-33)35-23-26-43-41(29-35)37-14-7-8-17-42(37)48-43/h1-29H. The van der Waals surface area contributed by atoms with Crippen molar-refractivity contribution in [3.8, 4) is 44.9 Å². The maximum Gasteiger partial charge on any atom is 0.135 e. The van der Waals surface area contributed by atoms with Gasteiger partial charge in [-0.3, -0.25) is 0 Å². The van der Waals surface area contributed by atoms with Gasteiger partial charge in [0.25, 0.3) is 0 Å². The van der Waals surface area contributed by atoms with Gasteiger partial charge < -0.3 is 14.1 Å². The van der Waals surface area contributed by atoms with E-state index in [1.54, 1.807) is 0 Å². The van der Waals surface area contributed by atoms with E-state index in [2.05, 4.69) is 169 Å². The second-order valence-corrected chi connectivity index (χ2v) is 12.5. The van der Waals surface area contributed by atoms with Crippen LogP contribution in [0.2, 0.25) is 0 Å². The first-order chi connectivity index (χ1) is 24.3. The van der Waals surface area contributed by atoms with Crippen molar-refractivity contribution in [3.63, 3.8) is 0 Å². The quantitative estimate of drug-likeness (QED) is 0.190. The first-order valence-corrected chi connectivity index (χ1v) is 16.6. The summed E-state index contributed by atoms with van der Waals surface area (Å²) in [5.74, 6) is 1.77. The molecular weight excluding hydrogens is 599 g/mol. The van der Waals surface area contributed by atoms with Crippen LogP contribution in [-0.2, 0) is 0 Å². The number of fused-ring (bicyclic) bond motifs is 5. The average molecular weight is 628 g/mol. The minimum Gasteiger partial charge on any atom is -0.456 e. The van der Waals surface area contributed by atoms with Gasteiger partial charge in [0.1, 0.15) is 22.7 Å². The van der Waals surface area contributed by atoms with Crippen molar-refractivity contribution in [1.82, 2.24) is 0 Å². The molecule has 1 aliphatic rings. The Morgan fingerprint density at radius 1 is 0.347 bits per heavy atom. The van der Waals surface area contributed by atoms with Crippen molar-refractivity contribution in [3.05, 3.63) is 176 Å². The van der Waals surface area contributed by atoms with E-state index in [0.717, 1.165) is 72.6 Å². The first kappa shape index (κ1) is 27.5. The van der Waals surface area contributed by atoms with Crippen molar-refractivity contribution in [2.24, 2.45) is 0 Å². The van der Waals surface area contributed by atoms with Gasteiger partial charge in [-0.05, 0) is 99.9 Å². The molecule has 1 aromatic heterocycles. The fraction of sp³-hybridized carbons (Fsp3) is 0. The maximum absolute atomic E-state index is 6.62. The number of furan rings is 1. The van der Waals surface area contributed by atoms with E-state index in [1.807, 2.05) is 12.1 Å². The summed E-state index contributed by atoms with van der Waals surface area (Å²) in [5, 5.41) is 4.59. The van der Waals surface area contributed by atoms with Crippen LogP contribution >= 0.6 is 0 Å². The number of ether oxygens (including phenoxy) is 1. The van der Waals surface area contributed by atoms with Gasteiger partial charge in [0, 0.05) is 38.8 Å². The molecule has 9 aromatic rings. The lowest BCUT2D eigenvalue weighted by Gasteiger charge is -2.26. The summed E-state index contributed by atoms with van der Waals surface area (Å²) in [6.45, 7) is 0. The largest absolute Gasteiger partial charge is 0.456 e. The number of rotatable bonds is 5. The van der Waals surface area contributed by atoms with E-state index in [1.165, 1.54) is 22.1 Å². The van der Waals surface area contributed by atoms with Gasteiger partial charge in [0.2, 0.25) is 0 Å². The summed E-state index contributed by atoms with van der Waals surface area (Å²) in [6, 6.07) is 61.9. The summed E-state index contributed by atoms with van der Waals surface area (Å²) >= 11 is 0. The molecule has 3 nitrogen and oxygen atoms in total. The van der Waals surface area contributed by atoms with Crippen LogP contribution in [0.15, 0.2) is 180 Å². The summed E-state index contributed by atoms with van der Waals surface area (Å²) in [6.07, 6.45) is 0. The van der Waals surface area contributed by atoms with E-state index in [9.17, 15) is 0 Å². The predicted octanol–water partition coefficient (Wildman–Crippen LogP) is 13.3. The third-order valence-electron chi connectivity index (χ3n) is 9.67. The Kier molecular flexibility index (Phi) is 6.18. The first-order valence-electron chi connectivity index (χ1n) is 16.6. The Labute approximate surface area is 283 Å². The van der Waals surface area contributed by atoms with Gasteiger partial charge in [0.15, 0.2) is 0 Å². The molecule has 0 saturated carbocycles. The zero-order chi connectivity index (χ0) is 32.3. The highest BCUT2D eigenvalue weighted by atomic mass is 16.5. The van der Waals surface area contributed by atoms with Crippen LogP contribution in [0.25, 0.3) is 66.1 Å².